The lowest BCUT2D eigenvalue weighted by Crippen LogP contribution is -2.15. The van der Waals surface area contributed by atoms with Crippen molar-refractivity contribution in [3.8, 4) is 17.2 Å². The number of aromatic carboxylic acids is 1. The van der Waals surface area contributed by atoms with Gasteiger partial charge in [-0.15, -0.1) is 0 Å². The van der Waals surface area contributed by atoms with E-state index in [0.717, 1.165) is 35.6 Å². The molecule has 0 spiro atoms. The molecule has 3 aromatic carbocycles. The smallest absolute Gasteiger partial charge is 0.335 e. The van der Waals surface area contributed by atoms with Crippen molar-refractivity contribution in [1.29, 1.82) is 0 Å². The molecule has 0 aliphatic heterocycles. The number of allylic oxidation sites excluding steroid dienone is 4. The first-order chi connectivity index (χ1) is 18.9. The molecular formula is C32H26ClFN2O3. The molecule has 0 amide bonds. The molecule has 1 aromatic heterocycles. The van der Waals surface area contributed by atoms with Crippen molar-refractivity contribution in [2.45, 2.75) is 24.9 Å². The number of carbonyl (C=O) groups is 1. The van der Waals surface area contributed by atoms with E-state index in [-0.39, 0.29) is 11.0 Å². The van der Waals surface area contributed by atoms with Crippen molar-refractivity contribution in [1.82, 2.24) is 9.55 Å². The molecule has 1 N–H and O–H groups in total. The van der Waals surface area contributed by atoms with Crippen LogP contribution in [0.15, 0.2) is 109 Å². The second-order valence-electron chi connectivity index (χ2n) is 9.32. The fourth-order valence-corrected chi connectivity index (χ4v) is 4.59. The molecule has 1 saturated carbocycles. The van der Waals surface area contributed by atoms with Crippen molar-refractivity contribution in [2.75, 3.05) is 0 Å². The summed E-state index contributed by atoms with van der Waals surface area (Å²) >= 11 is 6.04. The molecular weight excluding hydrogens is 515 g/mol. The summed E-state index contributed by atoms with van der Waals surface area (Å²) in [7, 11) is 0. The summed E-state index contributed by atoms with van der Waals surface area (Å²) < 4.78 is 21.0. The number of benzene rings is 3. The molecule has 5 nitrogen and oxygen atoms in total. The van der Waals surface area contributed by atoms with Gasteiger partial charge in [0, 0.05) is 16.9 Å². The lowest BCUT2D eigenvalue weighted by Gasteiger charge is -2.18. The predicted octanol–water partition coefficient (Wildman–Crippen LogP) is 8.23. The van der Waals surface area contributed by atoms with Crippen LogP contribution >= 0.6 is 11.6 Å². The Bertz CT molecular complexity index is 1570. The Labute approximate surface area is 231 Å². The standard InChI is InChI=1S/C32H26ClFN2O3/c1-2-25(33)6-4-7-26-21-36(27-13-9-23(10-14-27)30(37)38)31(35-26)32(17-18-32)24-11-15-28(16-12-24)39-29-8-3-5-22(19-29)20-34/h2-16,19,21H,1,17-18,20H2,(H,37,38)/b7-4+,25-6+. The van der Waals surface area contributed by atoms with Gasteiger partial charge in [0.15, 0.2) is 0 Å². The van der Waals surface area contributed by atoms with Gasteiger partial charge in [-0.1, -0.05) is 54.6 Å². The summed E-state index contributed by atoms with van der Waals surface area (Å²) in [4.78, 5) is 16.4. The van der Waals surface area contributed by atoms with E-state index in [9.17, 15) is 14.3 Å². The Morgan fingerprint density at radius 3 is 2.49 bits per heavy atom. The highest BCUT2D eigenvalue weighted by Gasteiger charge is 2.49. The number of alkyl halides is 1. The topological polar surface area (TPSA) is 64.4 Å². The average Bonchev–Trinajstić information content (AvgIpc) is 3.66. The number of imidazole rings is 1. The van der Waals surface area contributed by atoms with Gasteiger partial charge < -0.3 is 14.4 Å². The maximum atomic E-state index is 13.0. The Morgan fingerprint density at radius 1 is 1.10 bits per heavy atom. The molecule has 7 heteroatoms. The van der Waals surface area contributed by atoms with Crippen molar-refractivity contribution in [2.24, 2.45) is 0 Å². The molecule has 1 aliphatic rings. The lowest BCUT2D eigenvalue weighted by atomic mass is 9.94. The van der Waals surface area contributed by atoms with Crippen molar-refractivity contribution in [3.05, 3.63) is 137 Å². The van der Waals surface area contributed by atoms with Crippen LogP contribution in [0.5, 0.6) is 11.5 Å². The third-order valence-electron chi connectivity index (χ3n) is 6.71. The first-order valence-electron chi connectivity index (χ1n) is 12.4. The van der Waals surface area contributed by atoms with E-state index in [1.165, 1.54) is 0 Å². The van der Waals surface area contributed by atoms with E-state index in [4.69, 9.17) is 21.3 Å². The zero-order chi connectivity index (χ0) is 27.4. The van der Waals surface area contributed by atoms with Crippen molar-refractivity contribution >= 4 is 23.6 Å². The largest absolute Gasteiger partial charge is 0.478 e. The number of rotatable bonds is 10. The summed E-state index contributed by atoms with van der Waals surface area (Å²) in [5, 5.41) is 9.84. The average molecular weight is 541 g/mol. The van der Waals surface area contributed by atoms with Gasteiger partial charge >= 0.3 is 5.97 Å². The van der Waals surface area contributed by atoms with Crippen molar-refractivity contribution in [3.63, 3.8) is 0 Å². The highest BCUT2D eigenvalue weighted by molar-refractivity contribution is 6.31. The summed E-state index contributed by atoms with van der Waals surface area (Å²) in [5.74, 6) is 1.14. The normalized spacial score (nSPS) is 14.4. The van der Waals surface area contributed by atoms with E-state index < -0.39 is 12.6 Å². The zero-order valence-corrected chi connectivity index (χ0v) is 21.8. The first kappa shape index (κ1) is 26.2. The van der Waals surface area contributed by atoms with Crippen LogP contribution in [0, 0.1) is 0 Å². The Kier molecular flexibility index (Phi) is 7.48. The van der Waals surface area contributed by atoms with Gasteiger partial charge in [0.2, 0.25) is 0 Å². The van der Waals surface area contributed by atoms with E-state index in [1.54, 1.807) is 60.7 Å². The predicted molar refractivity (Wildman–Crippen MR) is 151 cm³/mol. The van der Waals surface area contributed by atoms with Crippen LogP contribution in [0.4, 0.5) is 4.39 Å². The zero-order valence-electron chi connectivity index (χ0n) is 21.1. The summed E-state index contributed by atoms with van der Waals surface area (Å²) in [5.41, 5.74) is 3.16. The number of aromatic nitrogens is 2. The van der Waals surface area contributed by atoms with Crippen LogP contribution in [-0.2, 0) is 12.1 Å². The number of ether oxygens (including phenoxy) is 1. The molecule has 196 valence electrons. The minimum atomic E-state index is -0.973. The number of carboxylic acid groups (broad SMARTS) is 1. The summed E-state index contributed by atoms with van der Waals surface area (Å²) in [6.07, 6.45) is 10.8. The SMILES string of the molecule is C=C/C(Cl)=C\C=C\c1cn(-c2ccc(C(=O)O)cc2)c(C2(c3ccc(Oc4cccc(CF)c4)cc3)CC2)n1. The Hall–Kier alpha value is -4.42. The van der Waals surface area contributed by atoms with Crippen molar-refractivity contribution < 1.29 is 19.0 Å². The van der Waals surface area contributed by atoms with Crippen LogP contribution in [-0.4, -0.2) is 20.6 Å². The molecule has 0 radical (unpaired) electrons. The second kappa shape index (κ2) is 11.1. The molecule has 0 saturated heterocycles. The molecule has 0 atom stereocenters. The fourth-order valence-electron chi connectivity index (χ4n) is 4.52. The van der Waals surface area contributed by atoms with E-state index in [0.29, 0.717) is 22.1 Å². The quantitative estimate of drug-likeness (QED) is 0.206. The molecule has 4 aromatic rings. The van der Waals surface area contributed by atoms with Crippen LogP contribution < -0.4 is 4.74 Å². The molecule has 0 bridgehead atoms. The number of carboxylic acids is 1. The van der Waals surface area contributed by atoms with Gasteiger partial charge in [-0.25, -0.2) is 14.2 Å². The molecule has 1 fully saturated rings. The summed E-state index contributed by atoms with van der Waals surface area (Å²) in [6.45, 7) is 3.11. The molecule has 5 rings (SSSR count). The van der Waals surface area contributed by atoms with Gasteiger partial charge in [-0.3, -0.25) is 0 Å². The Balaban J connectivity index is 1.48. The lowest BCUT2D eigenvalue weighted by molar-refractivity contribution is 0.0697. The molecule has 1 aliphatic carbocycles. The second-order valence-corrected chi connectivity index (χ2v) is 9.75. The van der Waals surface area contributed by atoms with Crippen LogP contribution in [0.25, 0.3) is 11.8 Å². The van der Waals surface area contributed by atoms with E-state index in [2.05, 4.69) is 6.58 Å². The van der Waals surface area contributed by atoms with Gasteiger partial charge in [0.05, 0.1) is 16.7 Å². The number of nitrogens with zero attached hydrogens (tertiary/aromatic N) is 2. The van der Waals surface area contributed by atoms with Crippen LogP contribution in [0.2, 0.25) is 0 Å². The van der Waals surface area contributed by atoms with Gasteiger partial charge in [-0.2, -0.15) is 0 Å². The highest BCUT2D eigenvalue weighted by atomic mass is 35.5. The number of hydrogen-bond acceptors (Lipinski definition) is 3. The minimum Gasteiger partial charge on any atom is -0.478 e. The number of halogens is 2. The number of hydrogen-bond donors (Lipinski definition) is 1. The maximum absolute atomic E-state index is 13.0. The highest BCUT2D eigenvalue weighted by Crippen LogP contribution is 2.53. The van der Waals surface area contributed by atoms with E-state index >= 15 is 0 Å². The molecule has 1 heterocycles. The van der Waals surface area contributed by atoms with Gasteiger partial charge in [-0.05, 0) is 84.7 Å². The van der Waals surface area contributed by atoms with Gasteiger partial charge in [0.25, 0.3) is 0 Å². The summed E-state index contributed by atoms with van der Waals surface area (Å²) in [6, 6.07) is 21.6. The van der Waals surface area contributed by atoms with Gasteiger partial charge in [0.1, 0.15) is 24.0 Å². The third-order valence-corrected chi connectivity index (χ3v) is 6.99. The fraction of sp³-hybridized carbons (Fsp3) is 0.125. The maximum Gasteiger partial charge on any atom is 0.335 e. The monoisotopic (exact) mass is 540 g/mol. The Morgan fingerprint density at radius 2 is 1.85 bits per heavy atom. The van der Waals surface area contributed by atoms with Crippen LogP contribution in [0.3, 0.4) is 0 Å². The van der Waals surface area contributed by atoms with E-state index in [1.807, 2.05) is 47.2 Å². The first-order valence-corrected chi connectivity index (χ1v) is 12.8. The van der Waals surface area contributed by atoms with Crippen LogP contribution in [0.1, 0.15) is 45.8 Å². The molecule has 0 unspecified atom stereocenters. The third kappa shape index (κ3) is 5.71. The minimum absolute atomic E-state index is 0.221. The molecule has 39 heavy (non-hydrogen) atoms.